The number of hydrogen-bond donors (Lipinski definition) is 2. The zero-order valence-electron chi connectivity index (χ0n) is 10.8. The number of hydrogen-bond acceptors (Lipinski definition) is 3. The lowest BCUT2D eigenvalue weighted by Crippen LogP contribution is -2.46. The molecule has 19 heavy (non-hydrogen) atoms. The predicted molar refractivity (Wildman–Crippen MR) is 74.1 cm³/mol. The van der Waals surface area contributed by atoms with Gasteiger partial charge in [0.25, 0.3) is 0 Å². The van der Waals surface area contributed by atoms with Gasteiger partial charge in [0.15, 0.2) is 5.78 Å². The molecule has 1 fully saturated rings. The van der Waals surface area contributed by atoms with E-state index in [-0.39, 0.29) is 5.78 Å². The van der Waals surface area contributed by atoms with Gasteiger partial charge in [-0.3, -0.25) is 10.2 Å². The minimum absolute atomic E-state index is 0.0856. The van der Waals surface area contributed by atoms with Crippen molar-refractivity contribution in [3.05, 3.63) is 47.3 Å². The van der Waals surface area contributed by atoms with Crippen molar-refractivity contribution in [2.45, 2.75) is 19.3 Å². The number of allylic oxidation sites excluding steroid dienone is 1. The topological polar surface area (TPSA) is 56.2 Å². The molecule has 2 heterocycles. The number of Topliss-reactive ketones (excluding diaryl/α,β-unsaturated/α-hetero) is 1. The van der Waals surface area contributed by atoms with Crippen LogP contribution in [0.3, 0.4) is 0 Å². The number of rotatable bonds is 2. The molecule has 4 nitrogen and oxygen atoms in total. The highest BCUT2D eigenvalue weighted by atomic mass is 16.1. The van der Waals surface area contributed by atoms with E-state index in [4.69, 9.17) is 5.41 Å². The lowest BCUT2D eigenvalue weighted by molar-refractivity contribution is 0.102. The zero-order valence-corrected chi connectivity index (χ0v) is 10.8. The summed E-state index contributed by atoms with van der Waals surface area (Å²) in [6.07, 6.45) is 2.32. The molecule has 98 valence electrons. The third-order valence-corrected chi connectivity index (χ3v) is 3.65. The van der Waals surface area contributed by atoms with Crippen LogP contribution in [-0.4, -0.2) is 29.6 Å². The second-order valence-electron chi connectivity index (χ2n) is 4.90. The molecule has 0 unspecified atom stereocenters. The standard InChI is InChI=1S/C15H17N3O/c16-13-8-7-12(15-17-9-4-10-18(13)15)14(19)11-5-2-1-3-6-11/h1-3,5-6,16-17H,4,7-10H2. The SMILES string of the molecule is N=C1CCC(C(=O)c2ccccc2)=C2NCCCN12. The summed E-state index contributed by atoms with van der Waals surface area (Å²) in [6, 6.07) is 9.38. The first-order valence-corrected chi connectivity index (χ1v) is 6.69. The Kier molecular flexibility index (Phi) is 3.07. The first kappa shape index (κ1) is 12.0. The Bertz CT molecular complexity index is 548. The average Bonchev–Trinajstić information content (AvgIpc) is 2.48. The Morgan fingerprint density at radius 1 is 1.21 bits per heavy atom. The number of nitrogens with one attached hydrogen (secondary N) is 2. The maximum atomic E-state index is 12.6. The van der Waals surface area contributed by atoms with E-state index in [2.05, 4.69) is 5.32 Å². The summed E-state index contributed by atoms with van der Waals surface area (Å²) in [5.74, 6) is 1.56. The molecule has 0 radical (unpaired) electrons. The minimum atomic E-state index is 0.0856. The summed E-state index contributed by atoms with van der Waals surface area (Å²) in [4.78, 5) is 14.5. The van der Waals surface area contributed by atoms with Crippen LogP contribution in [0.2, 0.25) is 0 Å². The molecule has 1 saturated heterocycles. The summed E-state index contributed by atoms with van der Waals surface area (Å²) in [5.41, 5.74) is 1.55. The van der Waals surface area contributed by atoms with Crippen LogP contribution in [0.1, 0.15) is 29.6 Å². The number of carbonyl (C=O) groups is 1. The van der Waals surface area contributed by atoms with Crippen molar-refractivity contribution < 1.29 is 4.79 Å². The number of ketones is 1. The maximum absolute atomic E-state index is 12.6. The van der Waals surface area contributed by atoms with Gasteiger partial charge < -0.3 is 10.2 Å². The first-order chi connectivity index (χ1) is 9.27. The third-order valence-electron chi connectivity index (χ3n) is 3.65. The van der Waals surface area contributed by atoms with Crippen LogP contribution in [0.4, 0.5) is 0 Å². The van der Waals surface area contributed by atoms with Gasteiger partial charge in [-0.2, -0.15) is 0 Å². The predicted octanol–water partition coefficient (Wildman–Crippen LogP) is 2.15. The van der Waals surface area contributed by atoms with E-state index in [0.717, 1.165) is 36.5 Å². The molecular weight excluding hydrogens is 238 g/mol. The van der Waals surface area contributed by atoms with E-state index in [1.165, 1.54) is 0 Å². The van der Waals surface area contributed by atoms with Crippen molar-refractivity contribution in [3.63, 3.8) is 0 Å². The Morgan fingerprint density at radius 2 is 2.00 bits per heavy atom. The largest absolute Gasteiger partial charge is 0.371 e. The smallest absolute Gasteiger partial charge is 0.192 e. The van der Waals surface area contributed by atoms with Gasteiger partial charge >= 0.3 is 0 Å². The van der Waals surface area contributed by atoms with Gasteiger partial charge in [0.2, 0.25) is 0 Å². The van der Waals surface area contributed by atoms with E-state index >= 15 is 0 Å². The second kappa shape index (κ2) is 4.88. The first-order valence-electron chi connectivity index (χ1n) is 6.69. The summed E-state index contributed by atoms with van der Waals surface area (Å²) >= 11 is 0. The average molecular weight is 255 g/mol. The summed E-state index contributed by atoms with van der Waals surface area (Å²) in [5, 5.41) is 11.3. The van der Waals surface area contributed by atoms with Gasteiger partial charge in [-0.25, -0.2) is 0 Å². The highest BCUT2D eigenvalue weighted by molar-refractivity contribution is 6.10. The number of nitrogens with zero attached hydrogens (tertiary/aromatic N) is 1. The summed E-state index contributed by atoms with van der Waals surface area (Å²) < 4.78 is 0. The highest BCUT2D eigenvalue weighted by Gasteiger charge is 2.29. The lowest BCUT2D eigenvalue weighted by Gasteiger charge is -2.37. The van der Waals surface area contributed by atoms with Crippen LogP contribution in [-0.2, 0) is 0 Å². The summed E-state index contributed by atoms with van der Waals surface area (Å²) in [6.45, 7) is 1.72. The van der Waals surface area contributed by atoms with Crippen molar-refractivity contribution >= 4 is 11.6 Å². The monoisotopic (exact) mass is 255 g/mol. The molecule has 0 aromatic heterocycles. The molecule has 0 bridgehead atoms. The number of amidine groups is 1. The van der Waals surface area contributed by atoms with Gasteiger partial charge in [-0.15, -0.1) is 0 Å². The zero-order chi connectivity index (χ0) is 13.2. The van der Waals surface area contributed by atoms with E-state index < -0.39 is 0 Å². The van der Waals surface area contributed by atoms with E-state index in [9.17, 15) is 4.79 Å². The highest BCUT2D eigenvalue weighted by Crippen LogP contribution is 2.26. The van der Waals surface area contributed by atoms with Crippen LogP contribution in [0, 0.1) is 5.41 Å². The second-order valence-corrected chi connectivity index (χ2v) is 4.90. The Hall–Kier alpha value is -2.10. The fourth-order valence-electron chi connectivity index (χ4n) is 2.67. The van der Waals surface area contributed by atoms with Crippen molar-refractivity contribution in [2.24, 2.45) is 0 Å². The van der Waals surface area contributed by atoms with Crippen LogP contribution in [0.15, 0.2) is 41.7 Å². The van der Waals surface area contributed by atoms with Crippen molar-refractivity contribution in [1.82, 2.24) is 10.2 Å². The fraction of sp³-hybridized carbons (Fsp3) is 0.333. The molecular formula is C15H17N3O. The molecule has 2 aliphatic heterocycles. The molecule has 0 saturated carbocycles. The van der Waals surface area contributed by atoms with E-state index in [0.29, 0.717) is 18.7 Å². The number of benzene rings is 1. The molecule has 0 atom stereocenters. The van der Waals surface area contributed by atoms with Gasteiger partial charge in [-0.05, 0) is 12.8 Å². The van der Waals surface area contributed by atoms with Gasteiger partial charge in [0, 0.05) is 30.6 Å². The molecule has 1 aromatic carbocycles. The van der Waals surface area contributed by atoms with Crippen molar-refractivity contribution in [2.75, 3.05) is 13.1 Å². The number of carbonyl (C=O) groups excluding carboxylic acids is 1. The molecule has 1 aromatic rings. The van der Waals surface area contributed by atoms with Gasteiger partial charge in [-0.1, -0.05) is 30.3 Å². The van der Waals surface area contributed by atoms with E-state index in [1.807, 2.05) is 35.2 Å². The maximum Gasteiger partial charge on any atom is 0.192 e. The normalized spacial score (nSPS) is 18.9. The molecule has 0 amide bonds. The number of fused-ring (bicyclic) bond motifs is 1. The Balaban J connectivity index is 1.98. The van der Waals surface area contributed by atoms with Crippen LogP contribution >= 0.6 is 0 Å². The fourth-order valence-corrected chi connectivity index (χ4v) is 2.67. The third kappa shape index (κ3) is 2.14. The van der Waals surface area contributed by atoms with Crippen molar-refractivity contribution in [1.29, 1.82) is 5.41 Å². The minimum Gasteiger partial charge on any atom is -0.371 e. The van der Waals surface area contributed by atoms with Gasteiger partial charge in [0.1, 0.15) is 11.7 Å². The molecule has 2 N–H and O–H groups in total. The van der Waals surface area contributed by atoms with Crippen LogP contribution in [0.25, 0.3) is 0 Å². The van der Waals surface area contributed by atoms with Crippen molar-refractivity contribution in [3.8, 4) is 0 Å². The van der Waals surface area contributed by atoms with E-state index in [1.54, 1.807) is 0 Å². The quantitative estimate of drug-likeness (QED) is 0.796. The van der Waals surface area contributed by atoms with Crippen LogP contribution < -0.4 is 5.32 Å². The Morgan fingerprint density at radius 3 is 2.79 bits per heavy atom. The van der Waals surface area contributed by atoms with Crippen LogP contribution in [0.5, 0.6) is 0 Å². The van der Waals surface area contributed by atoms with Gasteiger partial charge in [0.05, 0.1) is 0 Å². The molecule has 2 aliphatic rings. The Labute approximate surface area is 112 Å². The molecule has 3 rings (SSSR count). The summed E-state index contributed by atoms with van der Waals surface area (Å²) in [7, 11) is 0. The molecule has 4 heteroatoms. The molecule has 0 aliphatic carbocycles. The lowest BCUT2D eigenvalue weighted by atomic mass is 9.95. The molecule has 0 spiro atoms.